The summed E-state index contributed by atoms with van der Waals surface area (Å²) in [4.78, 5) is 20.0. The number of carbonyl (C=O) groups excluding carboxylic acids is 1. The van der Waals surface area contributed by atoms with Gasteiger partial charge in [-0.15, -0.1) is 0 Å². The van der Waals surface area contributed by atoms with Crippen molar-refractivity contribution < 1.29 is 4.79 Å². The van der Waals surface area contributed by atoms with E-state index < -0.39 is 0 Å². The lowest BCUT2D eigenvalue weighted by Crippen LogP contribution is -2.48. The Kier molecular flexibility index (Phi) is 5.44. The predicted molar refractivity (Wildman–Crippen MR) is 110 cm³/mol. The van der Waals surface area contributed by atoms with E-state index in [4.69, 9.17) is 0 Å². The fourth-order valence-electron chi connectivity index (χ4n) is 4.24. The first-order valence-electron chi connectivity index (χ1n) is 10.1. The van der Waals surface area contributed by atoms with Crippen molar-refractivity contribution in [2.24, 2.45) is 0 Å². The zero-order chi connectivity index (χ0) is 18.6. The fraction of sp³-hybridized carbons (Fsp3) is 0.435. The van der Waals surface area contributed by atoms with E-state index in [1.165, 1.54) is 24.0 Å². The lowest BCUT2D eigenvalue weighted by Gasteiger charge is -2.35. The quantitative estimate of drug-likeness (QED) is 0.831. The van der Waals surface area contributed by atoms with Gasteiger partial charge in [-0.25, -0.2) is 0 Å². The highest BCUT2D eigenvalue weighted by Crippen LogP contribution is 2.26. The molecule has 0 unspecified atom stereocenters. The normalized spacial score (nSPS) is 18.1. The third kappa shape index (κ3) is 4.16. The molecule has 2 aliphatic rings. The molecule has 2 fully saturated rings. The highest BCUT2D eigenvalue weighted by molar-refractivity contribution is 6.00. The van der Waals surface area contributed by atoms with Gasteiger partial charge in [0.2, 0.25) is 0 Å². The summed E-state index contributed by atoms with van der Waals surface area (Å²) in [6, 6.07) is 16.8. The second-order valence-electron chi connectivity index (χ2n) is 7.77. The second-order valence-corrected chi connectivity index (χ2v) is 7.77. The van der Waals surface area contributed by atoms with Crippen LogP contribution in [0.25, 0.3) is 0 Å². The van der Waals surface area contributed by atoms with Gasteiger partial charge in [-0.1, -0.05) is 42.0 Å². The van der Waals surface area contributed by atoms with Gasteiger partial charge in [0.25, 0.3) is 5.91 Å². The molecule has 0 aliphatic carbocycles. The van der Waals surface area contributed by atoms with Crippen LogP contribution < -0.4 is 4.90 Å². The van der Waals surface area contributed by atoms with E-state index >= 15 is 0 Å². The highest BCUT2D eigenvalue weighted by atomic mass is 16.2. The van der Waals surface area contributed by atoms with Gasteiger partial charge in [-0.3, -0.25) is 9.69 Å². The van der Waals surface area contributed by atoms with Gasteiger partial charge < -0.3 is 9.80 Å². The number of hydrogen-bond donors (Lipinski definition) is 0. The van der Waals surface area contributed by atoms with Gasteiger partial charge >= 0.3 is 0 Å². The fourth-order valence-corrected chi connectivity index (χ4v) is 4.24. The van der Waals surface area contributed by atoms with Crippen LogP contribution in [0.15, 0.2) is 48.5 Å². The van der Waals surface area contributed by atoms with Gasteiger partial charge in [0, 0.05) is 51.5 Å². The van der Waals surface area contributed by atoms with Gasteiger partial charge in [0.05, 0.1) is 5.56 Å². The molecule has 0 aromatic heterocycles. The number of carbonyl (C=O) groups is 1. The summed E-state index contributed by atoms with van der Waals surface area (Å²) in [7, 11) is 0. The Morgan fingerprint density at radius 1 is 0.889 bits per heavy atom. The predicted octanol–water partition coefficient (Wildman–Crippen LogP) is 3.55. The van der Waals surface area contributed by atoms with E-state index in [9.17, 15) is 4.79 Å². The van der Waals surface area contributed by atoms with Crippen LogP contribution in [0.4, 0.5) is 5.69 Å². The maximum absolute atomic E-state index is 13.2. The SMILES string of the molecule is Cc1cccc(CN2CCN(C(=O)c3ccccc3N3CCCC3)CC2)c1. The molecule has 1 amide bonds. The molecule has 0 spiro atoms. The summed E-state index contributed by atoms with van der Waals surface area (Å²) in [5.74, 6) is 0.188. The zero-order valence-electron chi connectivity index (χ0n) is 16.2. The lowest BCUT2D eigenvalue weighted by atomic mass is 10.1. The van der Waals surface area contributed by atoms with E-state index in [1.54, 1.807) is 0 Å². The number of hydrogen-bond acceptors (Lipinski definition) is 3. The van der Waals surface area contributed by atoms with E-state index in [1.807, 2.05) is 23.1 Å². The monoisotopic (exact) mass is 363 g/mol. The maximum atomic E-state index is 13.2. The van der Waals surface area contributed by atoms with Crippen molar-refractivity contribution in [1.29, 1.82) is 0 Å². The van der Waals surface area contributed by atoms with Gasteiger partial charge in [-0.2, -0.15) is 0 Å². The summed E-state index contributed by atoms with van der Waals surface area (Å²) in [5.41, 5.74) is 4.64. The van der Waals surface area contributed by atoms with Crippen LogP contribution in [0.3, 0.4) is 0 Å². The number of amides is 1. The molecular formula is C23H29N3O. The number of piperazine rings is 1. The third-order valence-corrected chi connectivity index (χ3v) is 5.73. The molecule has 2 aliphatic heterocycles. The van der Waals surface area contributed by atoms with Gasteiger partial charge in [0.15, 0.2) is 0 Å². The number of para-hydroxylation sites is 1. The van der Waals surface area contributed by atoms with Crippen molar-refractivity contribution in [3.05, 3.63) is 65.2 Å². The molecule has 142 valence electrons. The summed E-state index contributed by atoms with van der Waals surface area (Å²) >= 11 is 0. The van der Waals surface area contributed by atoms with Crippen LogP contribution in [0.2, 0.25) is 0 Å². The molecule has 27 heavy (non-hydrogen) atoms. The Morgan fingerprint density at radius 3 is 2.37 bits per heavy atom. The Balaban J connectivity index is 1.39. The first-order valence-corrected chi connectivity index (χ1v) is 10.1. The van der Waals surface area contributed by atoms with Crippen molar-refractivity contribution in [3.8, 4) is 0 Å². The number of benzene rings is 2. The van der Waals surface area contributed by atoms with E-state index in [0.717, 1.165) is 57.1 Å². The van der Waals surface area contributed by atoms with Gasteiger partial charge in [0.1, 0.15) is 0 Å². The molecule has 4 heteroatoms. The minimum atomic E-state index is 0.188. The molecule has 0 N–H and O–H groups in total. The molecule has 2 aromatic rings. The summed E-state index contributed by atoms with van der Waals surface area (Å²) < 4.78 is 0. The van der Waals surface area contributed by atoms with E-state index in [0.29, 0.717) is 0 Å². The minimum absolute atomic E-state index is 0.188. The van der Waals surface area contributed by atoms with Crippen molar-refractivity contribution in [1.82, 2.24) is 9.80 Å². The molecule has 0 saturated carbocycles. The number of aryl methyl sites for hydroxylation is 1. The van der Waals surface area contributed by atoms with E-state index in [-0.39, 0.29) is 5.91 Å². The molecule has 0 bridgehead atoms. The molecule has 2 heterocycles. The van der Waals surface area contributed by atoms with Crippen molar-refractivity contribution in [2.45, 2.75) is 26.3 Å². The molecule has 4 nitrogen and oxygen atoms in total. The third-order valence-electron chi connectivity index (χ3n) is 5.73. The Labute approximate surface area is 162 Å². The maximum Gasteiger partial charge on any atom is 0.256 e. The van der Waals surface area contributed by atoms with Crippen molar-refractivity contribution in [2.75, 3.05) is 44.2 Å². The average molecular weight is 364 g/mol. The summed E-state index contributed by atoms with van der Waals surface area (Å²) in [6.45, 7) is 8.71. The molecule has 2 saturated heterocycles. The highest BCUT2D eigenvalue weighted by Gasteiger charge is 2.25. The van der Waals surface area contributed by atoms with Crippen molar-refractivity contribution >= 4 is 11.6 Å². The van der Waals surface area contributed by atoms with Gasteiger partial charge in [-0.05, 0) is 37.5 Å². The number of nitrogens with zero attached hydrogens (tertiary/aromatic N) is 3. The Hall–Kier alpha value is -2.33. The average Bonchev–Trinajstić information content (AvgIpc) is 3.23. The molecular weight excluding hydrogens is 334 g/mol. The first kappa shape index (κ1) is 18.1. The molecule has 4 rings (SSSR count). The summed E-state index contributed by atoms with van der Waals surface area (Å²) in [6.07, 6.45) is 2.44. The molecule has 0 atom stereocenters. The van der Waals surface area contributed by atoms with Crippen LogP contribution >= 0.6 is 0 Å². The van der Waals surface area contributed by atoms with Crippen LogP contribution in [-0.4, -0.2) is 55.0 Å². The lowest BCUT2D eigenvalue weighted by molar-refractivity contribution is 0.0629. The Bertz CT molecular complexity index is 790. The topological polar surface area (TPSA) is 26.8 Å². The van der Waals surface area contributed by atoms with Crippen LogP contribution in [0.5, 0.6) is 0 Å². The van der Waals surface area contributed by atoms with Crippen LogP contribution in [-0.2, 0) is 6.54 Å². The summed E-state index contributed by atoms with van der Waals surface area (Å²) in [5, 5.41) is 0. The molecule has 2 aromatic carbocycles. The van der Waals surface area contributed by atoms with E-state index in [2.05, 4.69) is 47.1 Å². The van der Waals surface area contributed by atoms with Crippen molar-refractivity contribution in [3.63, 3.8) is 0 Å². The largest absolute Gasteiger partial charge is 0.371 e. The second kappa shape index (κ2) is 8.13. The number of anilines is 1. The van der Waals surface area contributed by atoms with Crippen LogP contribution in [0.1, 0.15) is 34.3 Å². The standard InChI is InChI=1S/C23H29N3O/c1-19-7-6-8-20(17-19)18-24-13-15-26(16-14-24)23(27)21-9-2-3-10-22(21)25-11-4-5-12-25/h2-3,6-10,17H,4-5,11-16,18H2,1H3. The molecule has 0 radical (unpaired) electrons. The smallest absolute Gasteiger partial charge is 0.256 e. The minimum Gasteiger partial charge on any atom is -0.371 e. The first-order chi connectivity index (χ1) is 13.2. The van der Waals surface area contributed by atoms with Crippen LogP contribution in [0, 0.1) is 6.92 Å². The zero-order valence-corrected chi connectivity index (χ0v) is 16.2. The Morgan fingerprint density at radius 2 is 1.63 bits per heavy atom. The number of rotatable bonds is 4.